The molecule has 0 unspecified atom stereocenters. The van der Waals surface area contributed by atoms with Gasteiger partial charge in [0.2, 0.25) is 0 Å². The van der Waals surface area contributed by atoms with Crippen LogP contribution in [0.25, 0.3) is 0 Å². The molecule has 0 fully saturated rings. The summed E-state index contributed by atoms with van der Waals surface area (Å²) in [5, 5.41) is 30.7. The maximum Gasteiger partial charge on any atom is 0.307 e. The van der Waals surface area contributed by atoms with Crippen LogP contribution < -0.4 is 5.01 Å². The SMILES string of the molecule is CN(c1c([N+](=O)[O-])cc(S(=O)(=O)CCl)cc1[N+](=O)[O-])[N+](=O)[O-]. The van der Waals surface area contributed by atoms with Gasteiger partial charge in [0.15, 0.2) is 14.9 Å². The van der Waals surface area contributed by atoms with Crippen LogP contribution in [-0.2, 0) is 9.84 Å². The van der Waals surface area contributed by atoms with Crippen molar-refractivity contribution in [1.82, 2.24) is 0 Å². The zero-order valence-corrected chi connectivity index (χ0v) is 12.3. The molecule has 120 valence electrons. The molecular formula is C8H7ClN4O8S. The first-order valence-electron chi connectivity index (χ1n) is 5.16. The summed E-state index contributed by atoms with van der Waals surface area (Å²) in [5.41, 5.74) is -3.15. The molecule has 0 spiro atoms. The molecule has 22 heavy (non-hydrogen) atoms. The molecule has 0 amide bonds. The molecule has 12 nitrogen and oxygen atoms in total. The Hall–Kier alpha value is -2.54. The van der Waals surface area contributed by atoms with Gasteiger partial charge in [0.05, 0.1) is 21.8 Å². The highest BCUT2D eigenvalue weighted by molar-refractivity contribution is 7.92. The van der Waals surface area contributed by atoms with Gasteiger partial charge >= 0.3 is 11.4 Å². The lowest BCUT2D eigenvalue weighted by Crippen LogP contribution is -2.26. The zero-order valence-electron chi connectivity index (χ0n) is 10.7. The van der Waals surface area contributed by atoms with E-state index < -0.39 is 51.9 Å². The van der Waals surface area contributed by atoms with Crippen molar-refractivity contribution in [2.75, 3.05) is 17.3 Å². The lowest BCUT2D eigenvalue weighted by molar-refractivity contribution is -0.493. The maximum atomic E-state index is 11.6. The van der Waals surface area contributed by atoms with Crippen LogP contribution in [0.15, 0.2) is 17.0 Å². The number of nitro benzene ring substituents is 2. The lowest BCUT2D eigenvalue weighted by Gasteiger charge is -2.10. The summed E-state index contributed by atoms with van der Waals surface area (Å²) in [6.45, 7) is 0. The molecule has 0 saturated heterocycles. The predicted octanol–water partition coefficient (Wildman–Crippen LogP) is 1.10. The van der Waals surface area contributed by atoms with E-state index in [-0.39, 0.29) is 5.01 Å². The molecule has 0 aliphatic heterocycles. The van der Waals surface area contributed by atoms with E-state index in [1.54, 1.807) is 0 Å². The summed E-state index contributed by atoms with van der Waals surface area (Å²) in [5.74, 6) is 0. The monoisotopic (exact) mass is 354 g/mol. The highest BCUT2D eigenvalue weighted by atomic mass is 35.5. The first kappa shape index (κ1) is 17.5. The van der Waals surface area contributed by atoms with E-state index >= 15 is 0 Å². The number of sulfone groups is 1. The van der Waals surface area contributed by atoms with Gasteiger partial charge in [0, 0.05) is 12.1 Å². The topological polar surface area (TPSA) is 167 Å². The second-order valence-electron chi connectivity index (χ2n) is 3.81. The predicted molar refractivity (Wildman–Crippen MR) is 73.1 cm³/mol. The van der Waals surface area contributed by atoms with Gasteiger partial charge in [-0.2, -0.15) is 0 Å². The van der Waals surface area contributed by atoms with Crippen molar-refractivity contribution in [3.8, 4) is 0 Å². The van der Waals surface area contributed by atoms with Gasteiger partial charge < -0.3 is 0 Å². The van der Waals surface area contributed by atoms with Gasteiger partial charge in [0.25, 0.3) is 5.69 Å². The van der Waals surface area contributed by atoms with Gasteiger partial charge in [-0.3, -0.25) is 20.2 Å². The fourth-order valence-corrected chi connectivity index (χ4v) is 2.60. The van der Waals surface area contributed by atoms with Crippen LogP contribution >= 0.6 is 11.6 Å². The minimum Gasteiger partial charge on any atom is -0.258 e. The quantitative estimate of drug-likeness (QED) is 0.412. The molecule has 0 saturated carbocycles. The van der Waals surface area contributed by atoms with Crippen molar-refractivity contribution in [1.29, 1.82) is 0 Å². The van der Waals surface area contributed by atoms with Crippen LogP contribution in [0.1, 0.15) is 0 Å². The lowest BCUT2D eigenvalue weighted by atomic mass is 10.2. The third kappa shape index (κ3) is 3.20. The number of rotatable bonds is 6. The Morgan fingerprint density at radius 2 is 1.50 bits per heavy atom. The van der Waals surface area contributed by atoms with Gasteiger partial charge in [-0.1, -0.05) is 5.01 Å². The summed E-state index contributed by atoms with van der Waals surface area (Å²) < 4.78 is 23.3. The normalized spacial score (nSPS) is 11.0. The Bertz CT molecular complexity index is 728. The van der Waals surface area contributed by atoms with Crippen molar-refractivity contribution < 1.29 is 23.3 Å². The van der Waals surface area contributed by atoms with Gasteiger partial charge in [-0.25, -0.2) is 18.5 Å². The Kier molecular flexibility index (Phi) is 4.83. The Morgan fingerprint density at radius 3 is 1.77 bits per heavy atom. The summed E-state index contributed by atoms with van der Waals surface area (Å²) in [6, 6.07) is 0.972. The van der Waals surface area contributed by atoms with E-state index in [1.807, 2.05) is 0 Å². The number of hydrogen-bond donors (Lipinski definition) is 0. The summed E-state index contributed by atoms with van der Waals surface area (Å²) >= 11 is 5.20. The molecule has 0 aliphatic carbocycles. The van der Waals surface area contributed by atoms with Crippen molar-refractivity contribution in [2.24, 2.45) is 0 Å². The number of halogens is 1. The number of anilines is 1. The summed E-state index contributed by atoms with van der Waals surface area (Å²) in [4.78, 5) is 29.6. The van der Waals surface area contributed by atoms with Crippen molar-refractivity contribution >= 4 is 38.5 Å². The average Bonchev–Trinajstić information content (AvgIpc) is 2.44. The van der Waals surface area contributed by atoms with Gasteiger partial charge in [-0.15, -0.1) is 11.6 Å². The van der Waals surface area contributed by atoms with Gasteiger partial charge in [-0.05, 0) is 0 Å². The third-order valence-corrected chi connectivity index (χ3v) is 4.61. The molecule has 1 rings (SSSR count). The highest BCUT2D eigenvalue weighted by Gasteiger charge is 2.36. The van der Waals surface area contributed by atoms with E-state index in [0.717, 1.165) is 7.05 Å². The second-order valence-corrected chi connectivity index (χ2v) is 6.38. The second kappa shape index (κ2) is 6.07. The number of hydrogen-bond acceptors (Lipinski definition) is 8. The molecule has 1 aromatic carbocycles. The summed E-state index contributed by atoms with van der Waals surface area (Å²) in [7, 11) is -3.45. The minimum absolute atomic E-state index is 0.0629. The number of nitrogens with zero attached hydrogens (tertiary/aromatic N) is 4. The number of hydrazine groups is 1. The largest absolute Gasteiger partial charge is 0.307 e. The average molecular weight is 355 g/mol. The van der Waals surface area contributed by atoms with Crippen molar-refractivity contribution in [2.45, 2.75) is 4.90 Å². The highest BCUT2D eigenvalue weighted by Crippen LogP contribution is 2.39. The van der Waals surface area contributed by atoms with Crippen LogP contribution in [0.3, 0.4) is 0 Å². The molecule has 0 heterocycles. The van der Waals surface area contributed by atoms with Gasteiger partial charge in [0.1, 0.15) is 5.21 Å². The molecule has 0 atom stereocenters. The van der Waals surface area contributed by atoms with E-state index in [2.05, 4.69) is 0 Å². The Labute approximate surface area is 127 Å². The van der Waals surface area contributed by atoms with Crippen LogP contribution in [0.4, 0.5) is 17.1 Å². The van der Waals surface area contributed by atoms with E-state index in [0.29, 0.717) is 12.1 Å². The molecule has 0 N–H and O–H groups in total. The van der Waals surface area contributed by atoms with E-state index in [1.165, 1.54) is 0 Å². The zero-order chi connectivity index (χ0) is 17.2. The maximum absolute atomic E-state index is 11.6. The van der Waals surface area contributed by atoms with Crippen LogP contribution in [0.2, 0.25) is 0 Å². The fourth-order valence-electron chi connectivity index (χ4n) is 1.51. The number of nitro groups is 3. The van der Waals surface area contributed by atoms with Crippen LogP contribution in [-0.4, -0.2) is 35.6 Å². The van der Waals surface area contributed by atoms with Crippen LogP contribution in [0, 0.1) is 30.3 Å². The molecule has 0 aliphatic rings. The number of alkyl halides is 1. The first-order chi connectivity index (χ1) is 10.0. The summed E-state index contributed by atoms with van der Waals surface area (Å²) in [6.07, 6.45) is 0. The molecule has 14 heteroatoms. The van der Waals surface area contributed by atoms with Crippen molar-refractivity contribution in [3.05, 3.63) is 42.5 Å². The minimum atomic E-state index is -4.20. The van der Waals surface area contributed by atoms with E-state index in [9.17, 15) is 38.8 Å². The molecular weight excluding hydrogens is 348 g/mol. The Morgan fingerprint density at radius 1 is 1.09 bits per heavy atom. The van der Waals surface area contributed by atoms with Crippen LogP contribution in [0.5, 0.6) is 0 Å². The standard InChI is InChI=1S/C8H7ClN4O8S/c1-10(13(18)19)8-6(11(14)15)2-5(22(20,21)4-9)3-7(8)12(16)17/h2-3H,4H2,1H3. The first-order valence-corrected chi connectivity index (χ1v) is 7.35. The molecule has 0 aromatic heterocycles. The van der Waals surface area contributed by atoms with Crippen molar-refractivity contribution in [3.63, 3.8) is 0 Å². The molecule has 0 bridgehead atoms. The number of benzene rings is 1. The fraction of sp³-hybridized carbons (Fsp3) is 0.250. The Balaban J connectivity index is 3.88. The van der Waals surface area contributed by atoms with E-state index in [4.69, 9.17) is 11.6 Å². The molecule has 1 aromatic rings. The molecule has 0 radical (unpaired) electrons. The smallest absolute Gasteiger partial charge is 0.258 e. The third-order valence-electron chi connectivity index (χ3n) is 2.51.